The minimum atomic E-state index is -4.01. The number of benzene rings is 3. The molecule has 0 fully saturated rings. The zero-order chi connectivity index (χ0) is 26.0. The molecule has 11 heteroatoms. The maximum atomic E-state index is 14.4. The van der Waals surface area contributed by atoms with E-state index in [0.29, 0.717) is 18.5 Å². The second kappa shape index (κ2) is 10.5. The summed E-state index contributed by atoms with van der Waals surface area (Å²) in [4.78, 5) is 24.7. The molecule has 3 aromatic rings. The minimum absolute atomic E-state index is 0.0557. The highest BCUT2D eigenvalue weighted by Gasteiger charge is 2.30. The molecule has 0 saturated heterocycles. The highest BCUT2D eigenvalue weighted by molar-refractivity contribution is 7.92. The second-order valence-corrected chi connectivity index (χ2v) is 10.7. The van der Waals surface area contributed by atoms with Crippen LogP contribution in [0.1, 0.15) is 39.6 Å². The summed E-state index contributed by atoms with van der Waals surface area (Å²) >= 11 is 12.0. The Hall–Kier alpha value is -3.14. The number of nitrogens with zero attached hydrogens (tertiary/aromatic N) is 1. The van der Waals surface area contributed by atoms with E-state index in [0.717, 1.165) is 11.6 Å². The standard InChI is InChI=1S/C25H21Cl2FN2O5S/c1-2-35-25(32)21-8-7-19(14-22(21)28)29-24(31)16-6-5-15-4-3-9-30(23(15)10-16)36(33,34)20-12-17(26)11-18(27)13-20/h5-8,10-14H,2-4,9H2,1H3,(H,29,31). The minimum Gasteiger partial charge on any atom is -0.462 e. The molecular weight excluding hydrogens is 530 g/mol. The fourth-order valence-corrected chi connectivity index (χ4v) is 6.17. The lowest BCUT2D eigenvalue weighted by molar-refractivity contribution is 0.0521. The van der Waals surface area contributed by atoms with Crippen molar-refractivity contribution in [2.45, 2.75) is 24.7 Å². The summed E-state index contributed by atoms with van der Waals surface area (Å²) < 4.78 is 47.2. The first-order chi connectivity index (χ1) is 17.1. The first-order valence-corrected chi connectivity index (χ1v) is 13.2. The van der Waals surface area contributed by atoms with Gasteiger partial charge in [-0.1, -0.05) is 29.3 Å². The Kier molecular flexibility index (Phi) is 7.54. The van der Waals surface area contributed by atoms with Crippen LogP contribution < -0.4 is 9.62 Å². The van der Waals surface area contributed by atoms with Gasteiger partial charge in [-0.15, -0.1) is 0 Å². The van der Waals surface area contributed by atoms with Gasteiger partial charge in [-0.2, -0.15) is 0 Å². The number of ether oxygens (including phenoxy) is 1. The molecule has 0 unspecified atom stereocenters. The SMILES string of the molecule is CCOC(=O)c1ccc(NC(=O)c2ccc3c(c2)N(S(=O)(=O)c2cc(Cl)cc(Cl)c2)CCC3)cc1F. The van der Waals surface area contributed by atoms with Gasteiger partial charge in [0.2, 0.25) is 0 Å². The molecule has 0 saturated carbocycles. The number of esters is 1. The van der Waals surface area contributed by atoms with Crippen LogP contribution in [0.15, 0.2) is 59.5 Å². The van der Waals surface area contributed by atoms with Crippen LogP contribution in [0.4, 0.5) is 15.8 Å². The fourth-order valence-electron chi connectivity index (χ4n) is 3.91. The zero-order valence-corrected chi connectivity index (χ0v) is 21.4. The number of hydrogen-bond acceptors (Lipinski definition) is 5. The van der Waals surface area contributed by atoms with Gasteiger partial charge in [0.1, 0.15) is 5.82 Å². The van der Waals surface area contributed by atoms with Crippen molar-refractivity contribution in [2.24, 2.45) is 0 Å². The number of amides is 1. The van der Waals surface area contributed by atoms with Crippen LogP contribution in [-0.2, 0) is 21.2 Å². The second-order valence-electron chi connectivity index (χ2n) is 8.00. The van der Waals surface area contributed by atoms with Gasteiger partial charge in [0.05, 0.1) is 22.8 Å². The highest BCUT2D eigenvalue weighted by atomic mass is 35.5. The first-order valence-electron chi connectivity index (χ1n) is 11.0. The van der Waals surface area contributed by atoms with Crippen LogP contribution in [0.25, 0.3) is 0 Å². The van der Waals surface area contributed by atoms with Gasteiger partial charge in [-0.05, 0) is 73.9 Å². The molecular formula is C25H21Cl2FN2O5S. The Balaban J connectivity index is 1.62. The first kappa shape index (κ1) is 25.9. The van der Waals surface area contributed by atoms with Gasteiger partial charge in [-0.25, -0.2) is 17.6 Å². The molecule has 1 amide bonds. The number of halogens is 3. The van der Waals surface area contributed by atoms with Gasteiger partial charge in [-0.3, -0.25) is 9.10 Å². The van der Waals surface area contributed by atoms with Crippen LogP contribution in [-0.4, -0.2) is 33.4 Å². The molecule has 0 aliphatic carbocycles. The molecule has 1 heterocycles. The summed E-state index contributed by atoms with van der Waals surface area (Å²) in [5, 5.41) is 2.95. The fraction of sp³-hybridized carbons (Fsp3) is 0.200. The van der Waals surface area contributed by atoms with Crippen LogP contribution in [0.2, 0.25) is 10.0 Å². The summed E-state index contributed by atoms with van der Waals surface area (Å²) in [5.41, 5.74) is 1.19. The third kappa shape index (κ3) is 5.33. The smallest absolute Gasteiger partial charge is 0.341 e. The molecule has 1 N–H and O–H groups in total. The molecule has 7 nitrogen and oxygen atoms in total. The molecule has 1 aliphatic rings. The van der Waals surface area contributed by atoms with E-state index in [-0.39, 0.29) is 44.9 Å². The summed E-state index contributed by atoms with van der Waals surface area (Å²) in [7, 11) is -4.01. The molecule has 0 bridgehead atoms. The zero-order valence-electron chi connectivity index (χ0n) is 19.1. The van der Waals surface area contributed by atoms with Crippen LogP contribution in [0, 0.1) is 5.82 Å². The number of carbonyl (C=O) groups is 2. The summed E-state index contributed by atoms with van der Waals surface area (Å²) in [6, 6.07) is 12.5. The Morgan fingerprint density at radius 3 is 2.44 bits per heavy atom. The largest absolute Gasteiger partial charge is 0.462 e. The van der Waals surface area contributed by atoms with E-state index in [9.17, 15) is 22.4 Å². The van der Waals surface area contributed by atoms with E-state index >= 15 is 0 Å². The van der Waals surface area contributed by atoms with Gasteiger partial charge in [0.15, 0.2) is 0 Å². The summed E-state index contributed by atoms with van der Waals surface area (Å²) in [6.07, 6.45) is 1.23. The van der Waals surface area contributed by atoms with E-state index in [2.05, 4.69) is 5.32 Å². The highest BCUT2D eigenvalue weighted by Crippen LogP contribution is 2.34. The molecule has 0 aromatic heterocycles. The number of aryl methyl sites for hydroxylation is 1. The average molecular weight is 551 g/mol. The van der Waals surface area contributed by atoms with E-state index in [1.807, 2.05) is 0 Å². The van der Waals surface area contributed by atoms with Crippen molar-refractivity contribution in [3.63, 3.8) is 0 Å². The Morgan fingerprint density at radius 2 is 1.78 bits per heavy atom. The number of hydrogen-bond donors (Lipinski definition) is 1. The molecule has 36 heavy (non-hydrogen) atoms. The summed E-state index contributed by atoms with van der Waals surface area (Å²) in [5.74, 6) is -2.21. The van der Waals surface area contributed by atoms with Gasteiger partial charge < -0.3 is 10.1 Å². The Morgan fingerprint density at radius 1 is 1.06 bits per heavy atom. The molecule has 1 aliphatic heterocycles. The quantitative estimate of drug-likeness (QED) is 0.397. The third-order valence-corrected chi connectivity index (χ3v) is 7.80. The Bertz CT molecular complexity index is 1440. The molecule has 0 radical (unpaired) electrons. The molecule has 188 valence electrons. The third-order valence-electron chi connectivity index (χ3n) is 5.57. The van der Waals surface area contributed by atoms with Crippen molar-refractivity contribution in [1.82, 2.24) is 0 Å². The van der Waals surface area contributed by atoms with Gasteiger partial charge >= 0.3 is 5.97 Å². The monoisotopic (exact) mass is 550 g/mol. The van der Waals surface area contributed by atoms with E-state index in [1.165, 1.54) is 40.7 Å². The molecule has 0 spiro atoms. The van der Waals surface area contributed by atoms with Crippen molar-refractivity contribution in [3.05, 3.63) is 87.2 Å². The summed E-state index contributed by atoms with van der Waals surface area (Å²) in [6.45, 7) is 1.93. The van der Waals surface area contributed by atoms with Crippen molar-refractivity contribution in [1.29, 1.82) is 0 Å². The molecule has 4 rings (SSSR count). The lowest BCUT2D eigenvalue weighted by Gasteiger charge is -2.31. The molecule has 3 aromatic carbocycles. The lowest BCUT2D eigenvalue weighted by Crippen LogP contribution is -2.35. The van der Waals surface area contributed by atoms with Crippen LogP contribution in [0.3, 0.4) is 0 Å². The number of nitrogens with one attached hydrogen (secondary N) is 1. The Labute approximate surface area is 217 Å². The van der Waals surface area contributed by atoms with E-state index in [1.54, 1.807) is 19.1 Å². The number of sulfonamides is 1. The van der Waals surface area contributed by atoms with Crippen molar-refractivity contribution >= 4 is 56.5 Å². The van der Waals surface area contributed by atoms with Crippen molar-refractivity contribution in [2.75, 3.05) is 22.8 Å². The van der Waals surface area contributed by atoms with E-state index in [4.69, 9.17) is 27.9 Å². The maximum Gasteiger partial charge on any atom is 0.341 e. The number of anilines is 2. The predicted molar refractivity (Wildman–Crippen MR) is 136 cm³/mol. The predicted octanol–water partition coefficient (Wildman–Crippen LogP) is 5.70. The lowest BCUT2D eigenvalue weighted by atomic mass is 10.0. The van der Waals surface area contributed by atoms with Crippen molar-refractivity contribution < 1.29 is 27.1 Å². The van der Waals surface area contributed by atoms with Gasteiger partial charge in [0.25, 0.3) is 15.9 Å². The van der Waals surface area contributed by atoms with Crippen LogP contribution in [0.5, 0.6) is 0 Å². The topological polar surface area (TPSA) is 92.8 Å². The number of carbonyl (C=O) groups excluding carboxylic acids is 2. The number of fused-ring (bicyclic) bond motifs is 1. The van der Waals surface area contributed by atoms with Gasteiger partial charge in [0, 0.05) is 27.8 Å². The number of rotatable bonds is 6. The maximum absolute atomic E-state index is 14.4. The normalized spacial score (nSPS) is 13.2. The van der Waals surface area contributed by atoms with Crippen LogP contribution >= 0.6 is 23.2 Å². The molecule has 0 atom stereocenters. The van der Waals surface area contributed by atoms with E-state index < -0.39 is 27.7 Å². The average Bonchev–Trinajstić information content (AvgIpc) is 2.82. The van der Waals surface area contributed by atoms with Crippen molar-refractivity contribution in [3.8, 4) is 0 Å².